The van der Waals surface area contributed by atoms with Gasteiger partial charge in [0, 0.05) is 11.3 Å². The number of carbonyl (C=O) groups is 1. The van der Waals surface area contributed by atoms with E-state index in [-0.39, 0.29) is 11.9 Å². The van der Waals surface area contributed by atoms with Crippen LogP contribution in [0.5, 0.6) is 0 Å². The molecule has 0 fully saturated rings. The molecule has 1 atom stereocenters. The summed E-state index contributed by atoms with van der Waals surface area (Å²) in [6.07, 6.45) is 9.61. The maximum Gasteiger partial charge on any atom is 0.220 e. The number of amides is 1. The second-order valence-corrected chi connectivity index (χ2v) is 5.04. The molecule has 1 amide bonds. The molecule has 0 spiro atoms. The van der Waals surface area contributed by atoms with E-state index in [2.05, 4.69) is 29.6 Å². The second-order valence-electron chi connectivity index (χ2n) is 4.01. The van der Waals surface area contributed by atoms with Gasteiger partial charge in [-0.15, -0.1) is 17.8 Å². The Labute approximate surface area is 107 Å². The third-order valence-corrected chi connectivity index (χ3v) is 3.46. The fraction of sp³-hybridized carbons (Fsp3) is 0.500. The van der Waals surface area contributed by atoms with Gasteiger partial charge in [-0.3, -0.25) is 4.79 Å². The van der Waals surface area contributed by atoms with Gasteiger partial charge in [0.05, 0.1) is 6.04 Å². The van der Waals surface area contributed by atoms with E-state index in [9.17, 15) is 4.79 Å². The van der Waals surface area contributed by atoms with E-state index < -0.39 is 0 Å². The lowest BCUT2D eigenvalue weighted by molar-refractivity contribution is -0.121. The zero-order valence-corrected chi connectivity index (χ0v) is 11.1. The Morgan fingerprint density at radius 2 is 2.47 bits per heavy atom. The van der Waals surface area contributed by atoms with Gasteiger partial charge in [0.2, 0.25) is 5.91 Å². The van der Waals surface area contributed by atoms with Crippen LogP contribution in [-0.2, 0) is 11.2 Å². The van der Waals surface area contributed by atoms with Gasteiger partial charge in [0.15, 0.2) is 0 Å². The van der Waals surface area contributed by atoms with Crippen LogP contribution in [0.25, 0.3) is 0 Å². The molecule has 0 radical (unpaired) electrons. The van der Waals surface area contributed by atoms with Crippen molar-refractivity contribution in [3.8, 4) is 12.3 Å². The molecule has 1 N–H and O–H groups in total. The molecule has 0 saturated carbocycles. The Morgan fingerprint density at radius 3 is 3.06 bits per heavy atom. The summed E-state index contributed by atoms with van der Waals surface area (Å²) in [6, 6.07) is 4.04. The van der Waals surface area contributed by atoms with Crippen LogP contribution in [0.1, 0.15) is 37.5 Å². The van der Waals surface area contributed by atoms with Gasteiger partial charge in [-0.2, -0.15) is 0 Å². The molecule has 92 valence electrons. The quantitative estimate of drug-likeness (QED) is 0.740. The zero-order valence-electron chi connectivity index (χ0n) is 10.2. The van der Waals surface area contributed by atoms with Gasteiger partial charge in [-0.1, -0.05) is 25.3 Å². The Balaban J connectivity index is 2.19. The van der Waals surface area contributed by atoms with Crippen molar-refractivity contribution >= 4 is 17.2 Å². The molecule has 1 heterocycles. The first kappa shape index (κ1) is 13.8. The minimum atomic E-state index is -0.103. The largest absolute Gasteiger partial charge is 0.342 e. The van der Waals surface area contributed by atoms with Crippen LogP contribution in [0.2, 0.25) is 0 Å². The van der Waals surface area contributed by atoms with Gasteiger partial charge in [0.25, 0.3) is 0 Å². The lowest BCUT2D eigenvalue weighted by Gasteiger charge is -2.11. The van der Waals surface area contributed by atoms with E-state index in [0.29, 0.717) is 6.42 Å². The van der Waals surface area contributed by atoms with Crippen molar-refractivity contribution in [2.24, 2.45) is 0 Å². The SMILES string of the molecule is C#CC(CCC)NC(=O)CCCc1cccs1. The predicted octanol–water partition coefficient (Wildman–Crippen LogP) is 2.99. The molecule has 2 nitrogen and oxygen atoms in total. The molecule has 1 rings (SSSR count). The van der Waals surface area contributed by atoms with E-state index >= 15 is 0 Å². The van der Waals surface area contributed by atoms with Gasteiger partial charge in [-0.05, 0) is 30.7 Å². The average Bonchev–Trinajstić information content (AvgIpc) is 2.81. The molecule has 0 aliphatic heterocycles. The van der Waals surface area contributed by atoms with Crippen LogP contribution >= 0.6 is 11.3 Å². The van der Waals surface area contributed by atoms with Crippen molar-refractivity contribution in [3.63, 3.8) is 0 Å². The topological polar surface area (TPSA) is 29.1 Å². The van der Waals surface area contributed by atoms with Crippen molar-refractivity contribution in [2.75, 3.05) is 0 Å². The minimum Gasteiger partial charge on any atom is -0.342 e. The van der Waals surface area contributed by atoms with Crippen molar-refractivity contribution < 1.29 is 4.79 Å². The number of hydrogen-bond donors (Lipinski definition) is 1. The average molecular weight is 249 g/mol. The number of carbonyl (C=O) groups excluding carboxylic acids is 1. The first-order valence-corrected chi connectivity index (χ1v) is 6.92. The molecule has 0 aliphatic carbocycles. The molecule has 17 heavy (non-hydrogen) atoms. The number of thiophene rings is 1. The summed E-state index contributed by atoms with van der Waals surface area (Å²) in [5.41, 5.74) is 0. The van der Waals surface area contributed by atoms with Gasteiger partial charge >= 0.3 is 0 Å². The highest BCUT2D eigenvalue weighted by atomic mass is 32.1. The lowest BCUT2D eigenvalue weighted by atomic mass is 10.1. The molecule has 0 saturated heterocycles. The predicted molar refractivity (Wildman–Crippen MR) is 72.9 cm³/mol. The number of nitrogens with one attached hydrogen (secondary N) is 1. The number of aryl methyl sites for hydroxylation is 1. The monoisotopic (exact) mass is 249 g/mol. The van der Waals surface area contributed by atoms with Crippen LogP contribution in [-0.4, -0.2) is 11.9 Å². The lowest BCUT2D eigenvalue weighted by Crippen LogP contribution is -2.33. The van der Waals surface area contributed by atoms with Gasteiger partial charge < -0.3 is 5.32 Å². The fourth-order valence-electron chi connectivity index (χ4n) is 1.63. The van der Waals surface area contributed by atoms with Crippen LogP contribution in [0.15, 0.2) is 17.5 Å². The maximum absolute atomic E-state index is 11.6. The zero-order chi connectivity index (χ0) is 12.5. The van der Waals surface area contributed by atoms with E-state index in [4.69, 9.17) is 6.42 Å². The Bertz CT molecular complexity index is 364. The third kappa shape index (κ3) is 5.55. The van der Waals surface area contributed by atoms with E-state index in [1.165, 1.54) is 4.88 Å². The maximum atomic E-state index is 11.6. The first-order valence-electron chi connectivity index (χ1n) is 6.04. The van der Waals surface area contributed by atoms with Crippen molar-refractivity contribution in [1.82, 2.24) is 5.32 Å². The van der Waals surface area contributed by atoms with Crippen molar-refractivity contribution in [2.45, 2.75) is 45.1 Å². The van der Waals surface area contributed by atoms with Gasteiger partial charge in [0.1, 0.15) is 0 Å². The molecular weight excluding hydrogens is 230 g/mol. The fourth-order valence-corrected chi connectivity index (χ4v) is 2.38. The minimum absolute atomic E-state index is 0.0676. The Kier molecular flexibility index (Phi) is 6.42. The number of rotatable bonds is 7. The first-order chi connectivity index (χ1) is 8.26. The van der Waals surface area contributed by atoms with Crippen LogP contribution in [0.3, 0.4) is 0 Å². The van der Waals surface area contributed by atoms with Crippen molar-refractivity contribution in [3.05, 3.63) is 22.4 Å². The Hall–Kier alpha value is -1.27. The standard InChI is InChI=1S/C14H19NOS/c1-3-7-12(4-2)15-14(16)10-5-8-13-9-6-11-17-13/h2,6,9,11-12H,3,5,7-8,10H2,1H3,(H,15,16). The van der Waals surface area contributed by atoms with E-state index in [0.717, 1.165) is 25.7 Å². The highest BCUT2D eigenvalue weighted by molar-refractivity contribution is 7.09. The summed E-state index contributed by atoms with van der Waals surface area (Å²) in [4.78, 5) is 12.9. The summed E-state index contributed by atoms with van der Waals surface area (Å²) in [6.45, 7) is 2.06. The summed E-state index contributed by atoms with van der Waals surface area (Å²) in [5, 5.41) is 4.94. The summed E-state index contributed by atoms with van der Waals surface area (Å²) < 4.78 is 0. The molecule has 0 aliphatic rings. The molecule has 1 aromatic heterocycles. The van der Waals surface area contributed by atoms with Crippen LogP contribution < -0.4 is 5.32 Å². The van der Waals surface area contributed by atoms with Crippen molar-refractivity contribution in [1.29, 1.82) is 0 Å². The molecule has 3 heteroatoms. The molecule has 0 aromatic carbocycles. The highest BCUT2D eigenvalue weighted by Crippen LogP contribution is 2.11. The van der Waals surface area contributed by atoms with Crippen LogP contribution in [0.4, 0.5) is 0 Å². The molecular formula is C14H19NOS. The van der Waals surface area contributed by atoms with E-state index in [1.54, 1.807) is 11.3 Å². The van der Waals surface area contributed by atoms with Gasteiger partial charge in [-0.25, -0.2) is 0 Å². The normalized spacial score (nSPS) is 11.8. The third-order valence-electron chi connectivity index (χ3n) is 2.52. The smallest absolute Gasteiger partial charge is 0.220 e. The van der Waals surface area contributed by atoms with Crippen LogP contribution in [0, 0.1) is 12.3 Å². The Morgan fingerprint density at radius 1 is 1.65 bits per heavy atom. The van der Waals surface area contributed by atoms with E-state index in [1.807, 2.05) is 6.07 Å². The summed E-state index contributed by atoms with van der Waals surface area (Å²) in [5.74, 6) is 2.68. The molecule has 1 aromatic rings. The molecule has 1 unspecified atom stereocenters. The number of terminal acetylenes is 1. The summed E-state index contributed by atoms with van der Waals surface area (Å²) in [7, 11) is 0. The summed E-state index contributed by atoms with van der Waals surface area (Å²) >= 11 is 1.74. The highest BCUT2D eigenvalue weighted by Gasteiger charge is 2.08. The molecule has 0 bridgehead atoms. The number of hydrogen-bond acceptors (Lipinski definition) is 2. The second kappa shape index (κ2) is 7.92.